The summed E-state index contributed by atoms with van der Waals surface area (Å²) in [6.07, 6.45) is 6.19. The van der Waals surface area contributed by atoms with Gasteiger partial charge < -0.3 is 14.3 Å². The van der Waals surface area contributed by atoms with Crippen LogP contribution in [0.25, 0.3) is 0 Å². The third-order valence-electron chi connectivity index (χ3n) is 3.17. The SMILES string of the molecule is C#CCOCC(O)CN(Cc1ccccc1)Cc1ccco1. The monoisotopic (exact) mass is 299 g/mol. The number of rotatable bonds is 9. The van der Waals surface area contributed by atoms with Crippen LogP contribution < -0.4 is 0 Å². The molecule has 22 heavy (non-hydrogen) atoms. The summed E-state index contributed by atoms with van der Waals surface area (Å²) in [5.41, 5.74) is 1.19. The van der Waals surface area contributed by atoms with Crippen LogP contribution in [-0.2, 0) is 17.8 Å². The second-order valence-electron chi connectivity index (χ2n) is 5.11. The Morgan fingerprint density at radius 2 is 2.00 bits per heavy atom. The molecule has 1 unspecified atom stereocenters. The summed E-state index contributed by atoms with van der Waals surface area (Å²) in [7, 11) is 0. The maximum absolute atomic E-state index is 10.1. The molecule has 0 spiro atoms. The van der Waals surface area contributed by atoms with Gasteiger partial charge >= 0.3 is 0 Å². The molecule has 0 saturated carbocycles. The number of aliphatic hydroxyl groups excluding tert-OH is 1. The van der Waals surface area contributed by atoms with Crippen molar-refractivity contribution < 1.29 is 14.3 Å². The van der Waals surface area contributed by atoms with E-state index in [1.807, 2.05) is 30.3 Å². The normalized spacial score (nSPS) is 12.2. The Bertz CT molecular complexity index is 560. The first-order valence-electron chi connectivity index (χ1n) is 7.26. The minimum absolute atomic E-state index is 0.216. The molecule has 116 valence electrons. The van der Waals surface area contributed by atoms with Crippen molar-refractivity contribution in [1.29, 1.82) is 0 Å². The summed E-state index contributed by atoms with van der Waals surface area (Å²) in [5, 5.41) is 10.1. The number of hydrogen-bond donors (Lipinski definition) is 1. The van der Waals surface area contributed by atoms with Crippen molar-refractivity contribution in [3.63, 3.8) is 0 Å². The van der Waals surface area contributed by atoms with Crippen LogP contribution in [0.3, 0.4) is 0 Å². The maximum atomic E-state index is 10.1. The van der Waals surface area contributed by atoms with Gasteiger partial charge in [0.1, 0.15) is 12.4 Å². The van der Waals surface area contributed by atoms with Gasteiger partial charge in [-0.1, -0.05) is 36.3 Å². The fourth-order valence-corrected chi connectivity index (χ4v) is 2.25. The Kier molecular flexibility index (Phi) is 6.72. The van der Waals surface area contributed by atoms with Gasteiger partial charge in [-0.05, 0) is 17.7 Å². The second-order valence-corrected chi connectivity index (χ2v) is 5.11. The van der Waals surface area contributed by atoms with Gasteiger partial charge in [-0.2, -0.15) is 0 Å². The maximum Gasteiger partial charge on any atom is 0.117 e. The van der Waals surface area contributed by atoms with Crippen molar-refractivity contribution in [2.75, 3.05) is 19.8 Å². The van der Waals surface area contributed by atoms with Gasteiger partial charge in [0.2, 0.25) is 0 Å². The van der Waals surface area contributed by atoms with Crippen LogP contribution in [0.5, 0.6) is 0 Å². The van der Waals surface area contributed by atoms with Gasteiger partial charge in [0.25, 0.3) is 0 Å². The molecule has 1 aromatic heterocycles. The van der Waals surface area contributed by atoms with Crippen molar-refractivity contribution >= 4 is 0 Å². The Morgan fingerprint density at radius 3 is 2.68 bits per heavy atom. The standard InChI is InChI=1S/C18H21NO3/c1-2-10-21-15-17(20)13-19(14-18-9-6-11-22-18)12-16-7-4-3-5-8-16/h1,3-9,11,17,20H,10,12-15H2. The minimum atomic E-state index is -0.591. The van der Waals surface area contributed by atoms with Crippen molar-refractivity contribution in [2.45, 2.75) is 19.2 Å². The molecular weight excluding hydrogens is 278 g/mol. The number of hydrogen-bond acceptors (Lipinski definition) is 4. The highest BCUT2D eigenvalue weighted by atomic mass is 16.5. The van der Waals surface area contributed by atoms with E-state index in [9.17, 15) is 5.11 Å². The van der Waals surface area contributed by atoms with Crippen LogP contribution in [0.1, 0.15) is 11.3 Å². The Labute approximate surface area is 131 Å². The molecule has 4 nitrogen and oxygen atoms in total. The molecule has 1 heterocycles. The van der Waals surface area contributed by atoms with Gasteiger partial charge in [-0.3, -0.25) is 4.90 Å². The largest absolute Gasteiger partial charge is 0.468 e. The highest BCUT2D eigenvalue weighted by Crippen LogP contribution is 2.11. The van der Waals surface area contributed by atoms with Gasteiger partial charge in [0.15, 0.2) is 0 Å². The Hall–Kier alpha value is -2.06. The Morgan fingerprint density at radius 1 is 1.18 bits per heavy atom. The summed E-state index contributed by atoms with van der Waals surface area (Å²) in [6.45, 7) is 2.30. The average Bonchev–Trinajstić information content (AvgIpc) is 3.01. The molecule has 2 aromatic rings. The zero-order chi connectivity index (χ0) is 15.6. The van der Waals surface area contributed by atoms with Crippen LogP contribution in [0.15, 0.2) is 53.1 Å². The average molecular weight is 299 g/mol. The summed E-state index contributed by atoms with van der Waals surface area (Å²) in [4.78, 5) is 2.12. The van der Waals surface area contributed by atoms with Crippen LogP contribution in [0.4, 0.5) is 0 Å². The highest BCUT2D eigenvalue weighted by Gasteiger charge is 2.14. The van der Waals surface area contributed by atoms with E-state index < -0.39 is 6.10 Å². The van der Waals surface area contributed by atoms with E-state index in [2.05, 4.69) is 23.0 Å². The third kappa shape index (κ3) is 5.74. The van der Waals surface area contributed by atoms with E-state index in [0.717, 1.165) is 12.3 Å². The first-order chi connectivity index (χ1) is 10.8. The second kappa shape index (κ2) is 9.06. The smallest absolute Gasteiger partial charge is 0.117 e. The van der Waals surface area contributed by atoms with E-state index in [1.54, 1.807) is 6.26 Å². The lowest BCUT2D eigenvalue weighted by Crippen LogP contribution is -2.34. The molecule has 0 aliphatic carbocycles. The van der Waals surface area contributed by atoms with Gasteiger partial charge in [-0.15, -0.1) is 6.42 Å². The van der Waals surface area contributed by atoms with Gasteiger partial charge in [-0.25, -0.2) is 0 Å². The lowest BCUT2D eigenvalue weighted by atomic mass is 10.2. The molecule has 1 N–H and O–H groups in total. The lowest BCUT2D eigenvalue weighted by Gasteiger charge is -2.24. The van der Waals surface area contributed by atoms with E-state index >= 15 is 0 Å². The van der Waals surface area contributed by atoms with Crippen molar-refractivity contribution in [3.05, 3.63) is 60.1 Å². The number of furan rings is 1. The zero-order valence-corrected chi connectivity index (χ0v) is 12.5. The predicted molar refractivity (Wildman–Crippen MR) is 84.9 cm³/mol. The molecule has 0 aliphatic heterocycles. The first-order valence-corrected chi connectivity index (χ1v) is 7.26. The van der Waals surface area contributed by atoms with E-state index in [1.165, 1.54) is 5.56 Å². The highest BCUT2D eigenvalue weighted by molar-refractivity contribution is 5.14. The van der Waals surface area contributed by atoms with E-state index in [-0.39, 0.29) is 13.2 Å². The van der Waals surface area contributed by atoms with Crippen molar-refractivity contribution in [1.82, 2.24) is 4.90 Å². The van der Waals surface area contributed by atoms with E-state index in [0.29, 0.717) is 13.1 Å². The Balaban J connectivity index is 1.93. The molecule has 0 aliphatic rings. The lowest BCUT2D eigenvalue weighted by molar-refractivity contribution is 0.0230. The fourth-order valence-electron chi connectivity index (χ4n) is 2.25. The van der Waals surface area contributed by atoms with Crippen LogP contribution in [0.2, 0.25) is 0 Å². The van der Waals surface area contributed by atoms with Crippen molar-refractivity contribution in [3.8, 4) is 12.3 Å². The third-order valence-corrected chi connectivity index (χ3v) is 3.17. The van der Waals surface area contributed by atoms with Gasteiger partial charge in [0, 0.05) is 13.1 Å². The molecular formula is C18H21NO3. The summed E-state index contributed by atoms with van der Waals surface area (Å²) < 4.78 is 10.6. The molecule has 1 aromatic carbocycles. The molecule has 0 saturated heterocycles. The number of terminal acetylenes is 1. The minimum Gasteiger partial charge on any atom is -0.468 e. The fraction of sp³-hybridized carbons (Fsp3) is 0.333. The number of nitrogens with zero attached hydrogens (tertiary/aromatic N) is 1. The molecule has 0 radical (unpaired) electrons. The predicted octanol–water partition coefficient (Wildman–Crippen LogP) is 2.29. The topological polar surface area (TPSA) is 45.8 Å². The number of aliphatic hydroxyl groups is 1. The van der Waals surface area contributed by atoms with Crippen molar-refractivity contribution in [2.24, 2.45) is 0 Å². The zero-order valence-electron chi connectivity index (χ0n) is 12.5. The molecule has 0 bridgehead atoms. The van der Waals surface area contributed by atoms with Crippen LogP contribution in [-0.4, -0.2) is 35.9 Å². The molecule has 2 rings (SSSR count). The van der Waals surface area contributed by atoms with Crippen LogP contribution in [0, 0.1) is 12.3 Å². The molecule has 4 heteroatoms. The molecule has 0 amide bonds. The quantitative estimate of drug-likeness (QED) is 0.570. The summed E-state index contributed by atoms with van der Waals surface area (Å²) in [6, 6.07) is 13.9. The van der Waals surface area contributed by atoms with E-state index in [4.69, 9.17) is 15.6 Å². The molecule has 0 fully saturated rings. The number of ether oxygens (including phenoxy) is 1. The van der Waals surface area contributed by atoms with Gasteiger partial charge in [0.05, 0.1) is 25.5 Å². The number of benzene rings is 1. The molecule has 1 atom stereocenters. The van der Waals surface area contributed by atoms with Crippen LogP contribution >= 0.6 is 0 Å². The first kappa shape index (κ1) is 16.3. The summed E-state index contributed by atoms with van der Waals surface area (Å²) in [5.74, 6) is 3.26. The summed E-state index contributed by atoms with van der Waals surface area (Å²) >= 11 is 0.